The topological polar surface area (TPSA) is 73.0 Å². The summed E-state index contributed by atoms with van der Waals surface area (Å²) in [6, 6.07) is 9.36. The summed E-state index contributed by atoms with van der Waals surface area (Å²) in [4.78, 5) is 12.3. The summed E-state index contributed by atoms with van der Waals surface area (Å²) >= 11 is 0. The van der Waals surface area contributed by atoms with Gasteiger partial charge in [-0.05, 0) is 50.6 Å². The number of hydrogen-bond donors (Lipinski definition) is 1. The number of aryl methyl sites for hydroxylation is 2. The van der Waals surface area contributed by atoms with Crippen LogP contribution < -0.4 is 5.32 Å². The van der Waals surface area contributed by atoms with Crippen LogP contribution in [-0.4, -0.2) is 26.9 Å². The van der Waals surface area contributed by atoms with Gasteiger partial charge < -0.3 is 9.73 Å². The minimum atomic E-state index is -0.0927. The van der Waals surface area contributed by atoms with E-state index < -0.39 is 0 Å². The number of benzene rings is 1. The fourth-order valence-corrected chi connectivity index (χ4v) is 2.54. The van der Waals surface area contributed by atoms with E-state index in [-0.39, 0.29) is 11.9 Å². The van der Waals surface area contributed by atoms with Gasteiger partial charge in [0.2, 0.25) is 0 Å². The molecule has 0 aliphatic rings. The van der Waals surface area contributed by atoms with Crippen LogP contribution in [0.15, 0.2) is 41.0 Å². The predicted octanol–water partition coefficient (Wildman–Crippen LogP) is 2.80. The van der Waals surface area contributed by atoms with Crippen LogP contribution in [-0.2, 0) is 13.0 Å². The molecule has 120 valence electrons. The molecule has 1 atom stereocenters. The van der Waals surface area contributed by atoms with Gasteiger partial charge in [0.25, 0.3) is 5.91 Å². The number of carbonyl (C=O) groups excluding carboxylic acids is 1. The molecule has 0 saturated carbocycles. The summed E-state index contributed by atoms with van der Waals surface area (Å²) in [7, 11) is 0. The Morgan fingerprint density at radius 3 is 3.00 bits per heavy atom. The lowest BCUT2D eigenvalue weighted by atomic mass is 10.1. The zero-order valence-corrected chi connectivity index (χ0v) is 13.3. The van der Waals surface area contributed by atoms with E-state index in [0.29, 0.717) is 5.56 Å². The summed E-state index contributed by atoms with van der Waals surface area (Å²) in [5.74, 6) is 0.841. The second-order valence-electron chi connectivity index (χ2n) is 5.60. The van der Waals surface area contributed by atoms with E-state index in [2.05, 4.69) is 15.6 Å². The van der Waals surface area contributed by atoms with E-state index in [1.54, 1.807) is 12.3 Å². The molecule has 1 amide bonds. The molecule has 0 spiro atoms. The summed E-state index contributed by atoms with van der Waals surface area (Å²) < 4.78 is 7.11. The van der Waals surface area contributed by atoms with Crippen molar-refractivity contribution in [2.45, 2.75) is 39.3 Å². The number of furan rings is 1. The van der Waals surface area contributed by atoms with Crippen molar-refractivity contribution >= 4 is 16.9 Å². The first-order valence-corrected chi connectivity index (χ1v) is 7.84. The van der Waals surface area contributed by atoms with Gasteiger partial charge in [0.15, 0.2) is 0 Å². The molecule has 1 N–H and O–H groups in total. The predicted molar refractivity (Wildman–Crippen MR) is 87.2 cm³/mol. The van der Waals surface area contributed by atoms with Gasteiger partial charge in [-0.2, -0.15) is 0 Å². The van der Waals surface area contributed by atoms with Gasteiger partial charge in [0.05, 0.1) is 11.8 Å². The van der Waals surface area contributed by atoms with E-state index in [4.69, 9.17) is 4.42 Å². The molecule has 6 heteroatoms. The van der Waals surface area contributed by atoms with Gasteiger partial charge in [0, 0.05) is 24.6 Å². The van der Waals surface area contributed by atoms with Gasteiger partial charge in [-0.15, -0.1) is 5.10 Å². The first kappa shape index (κ1) is 15.3. The molecule has 1 aromatic carbocycles. The van der Waals surface area contributed by atoms with Crippen LogP contribution in [0.5, 0.6) is 0 Å². The zero-order chi connectivity index (χ0) is 16.2. The molecule has 6 nitrogen and oxygen atoms in total. The Hall–Kier alpha value is -2.63. The average molecular weight is 312 g/mol. The molecular formula is C17H20N4O2. The van der Waals surface area contributed by atoms with Crippen molar-refractivity contribution < 1.29 is 9.21 Å². The third kappa shape index (κ3) is 3.41. The van der Waals surface area contributed by atoms with E-state index >= 15 is 0 Å². The minimum Gasteiger partial charge on any atom is -0.469 e. The van der Waals surface area contributed by atoms with Crippen LogP contribution in [0.1, 0.15) is 36.4 Å². The van der Waals surface area contributed by atoms with Crippen molar-refractivity contribution in [1.29, 1.82) is 0 Å². The first-order valence-electron chi connectivity index (χ1n) is 7.84. The Bertz CT molecular complexity index is 792. The highest BCUT2D eigenvalue weighted by molar-refractivity contribution is 5.97. The maximum Gasteiger partial charge on any atom is 0.251 e. The molecule has 0 aliphatic heterocycles. The minimum absolute atomic E-state index is 0.0645. The van der Waals surface area contributed by atoms with Gasteiger partial charge in [0.1, 0.15) is 11.3 Å². The highest BCUT2D eigenvalue weighted by Gasteiger charge is 2.12. The molecular weight excluding hydrogens is 292 g/mol. The summed E-state index contributed by atoms with van der Waals surface area (Å²) in [6.45, 7) is 4.76. The summed E-state index contributed by atoms with van der Waals surface area (Å²) in [5, 5.41) is 11.2. The van der Waals surface area contributed by atoms with Crippen LogP contribution in [0.25, 0.3) is 11.0 Å². The van der Waals surface area contributed by atoms with Crippen molar-refractivity contribution in [3.05, 3.63) is 47.9 Å². The lowest BCUT2D eigenvalue weighted by Crippen LogP contribution is -2.32. The fourth-order valence-electron chi connectivity index (χ4n) is 2.54. The van der Waals surface area contributed by atoms with Gasteiger partial charge in [-0.1, -0.05) is 5.21 Å². The van der Waals surface area contributed by atoms with Crippen LogP contribution in [0.3, 0.4) is 0 Å². The number of amides is 1. The Balaban J connectivity index is 1.63. The van der Waals surface area contributed by atoms with E-state index in [1.807, 2.05) is 42.8 Å². The van der Waals surface area contributed by atoms with E-state index in [9.17, 15) is 4.79 Å². The molecule has 3 rings (SSSR count). The number of hydrogen-bond acceptors (Lipinski definition) is 4. The quantitative estimate of drug-likeness (QED) is 0.759. The zero-order valence-electron chi connectivity index (χ0n) is 13.3. The summed E-state index contributed by atoms with van der Waals surface area (Å²) in [6.07, 6.45) is 3.29. The third-order valence-corrected chi connectivity index (χ3v) is 3.86. The molecule has 0 saturated heterocycles. The lowest BCUT2D eigenvalue weighted by Gasteiger charge is -2.13. The Morgan fingerprint density at radius 2 is 2.26 bits per heavy atom. The van der Waals surface area contributed by atoms with Crippen molar-refractivity contribution in [3.63, 3.8) is 0 Å². The average Bonchev–Trinajstić information content (AvgIpc) is 3.21. The van der Waals surface area contributed by atoms with Gasteiger partial charge >= 0.3 is 0 Å². The standard InChI is InChI=1S/C17H20N4O2/c1-3-21-16-9-7-13(11-15(16)19-20-21)17(22)18-12(2)6-8-14-5-4-10-23-14/h4-5,7,9-12H,3,6,8H2,1-2H3,(H,18,22)/t12-/m1/s1. The van der Waals surface area contributed by atoms with Crippen LogP contribution >= 0.6 is 0 Å². The molecule has 3 aromatic rings. The highest BCUT2D eigenvalue weighted by atomic mass is 16.3. The molecule has 0 radical (unpaired) electrons. The third-order valence-electron chi connectivity index (χ3n) is 3.86. The maximum absolute atomic E-state index is 12.3. The second kappa shape index (κ2) is 6.64. The first-order chi connectivity index (χ1) is 11.2. The Morgan fingerprint density at radius 1 is 1.39 bits per heavy atom. The largest absolute Gasteiger partial charge is 0.469 e. The summed E-state index contributed by atoms with van der Waals surface area (Å²) in [5.41, 5.74) is 2.28. The van der Waals surface area contributed by atoms with Crippen molar-refractivity contribution in [1.82, 2.24) is 20.3 Å². The molecule has 2 heterocycles. The van der Waals surface area contributed by atoms with Crippen LogP contribution in [0, 0.1) is 0 Å². The number of fused-ring (bicyclic) bond motifs is 1. The second-order valence-corrected chi connectivity index (χ2v) is 5.60. The molecule has 0 unspecified atom stereocenters. The highest BCUT2D eigenvalue weighted by Crippen LogP contribution is 2.14. The van der Waals surface area contributed by atoms with Gasteiger partial charge in [-0.3, -0.25) is 4.79 Å². The number of nitrogens with one attached hydrogen (secondary N) is 1. The molecule has 0 bridgehead atoms. The maximum atomic E-state index is 12.3. The molecule has 2 aromatic heterocycles. The van der Waals surface area contributed by atoms with E-state index in [1.165, 1.54) is 0 Å². The SMILES string of the molecule is CCn1nnc2cc(C(=O)N[C@H](C)CCc3ccco3)ccc21. The number of aromatic nitrogens is 3. The van der Waals surface area contributed by atoms with Crippen molar-refractivity contribution in [2.75, 3.05) is 0 Å². The van der Waals surface area contributed by atoms with Gasteiger partial charge in [-0.25, -0.2) is 4.68 Å². The molecule has 23 heavy (non-hydrogen) atoms. The number of nitrogens with zero attached hydrogens (tertiary/aromatic N) is 3. The Kier molecular flexibility index (Phi) is 4.41. The van der Waals surface area contributed by atoms with Crippen LogP contribution in [0.4, 0.5) is 0 Å². The molecule has 0 fully saturated rings. The van der Waals surface area contributed by atoms with Crippen molar-refractivity contribution in [3.8, 4) is 0 Å². The van der Waals surface area contributed by atoms with E-state index in [0.717, 1.165) is 36.2 Å². The molecule has 0 aliphatic carbocycles. The Labute approximate surface area is 134 Å². The fraction of sp³-hybridized carbons (Fsp3) is 0.353. The van der Waals surface area contributed by atoms with Crippen LogP contribution in [0.2, 0.25) is 0 Å². The smallest absolute Gasteiger partial charge is 0.251 e. The number of rotatable bonds is 6. The van der Waals surface area contributed by atoms with Crippen molar-refractivity contribution in [2.24, 2.45) is 0 Å². The normalized spacial score (nSPS) is 12.4. The monoisotopic (exact) mass is 312 g/mol. The lowest BCUT2D eigenvalue weighted by molar-refractivity contribution is 0.0938. The number of carbonyl (C=O) groups is 1.